The third-order valence-electron chi connectivity index (χ3n) is 1.07. The molecule has 0 saturated carbocycles. The first-order valence-corrected chi connectivity index (χ1v) is 2.59. The number of nitrogens with two attached hydrogens (primary N) is 1. The van der Waals surface area contributed by atoms with Crippen molar-refractivity contribution in [3.8, 4) is 0 Å². The van der Waals surface area contributed by atoms with Crippen LogP contribution < -0.4 is 5.73 Å². The zero-order chi connectivity index (χ0) is 6.57. The second-order valence-corrected chi connectivity index (χ2v) is 1.62. The van der Waals surface area contributed by atoms with Crippen LogP contribution in [-0.2, 0) is 0 Å². The van der Waals surface area contributed by atoms with Gasteiger partial charge in [-0.25, -0.2) is 0 Å². The van der Waals surface area contributed by atoms with Crippen LogP contribution in [0.3, 0.4) is 0 Å². The summed E-state index contributed by atoms with van der Waals surface area (Å²) in [5, 5.41) is 16.8. The molecule has 0 aliphatic heterocycles. The zero-order valence-electron chi connectivity index (χ0n) is 4.91. The molecule has 4 nitrogen and oxygen atoms in total. The SMILES string of the molecule is CCC(CN)N(O)O. The van der Waals surface area contributed by atoms with E-state index in [1.54, 1.807) is 0 Å². The van der Waals surface area contributed by atoms with Gasteiger partial charge < -0.3 is 5.73 Å². The van der Waals surface area contributed by atoms with Crippen LogP contribution in [-0.4, -0.2) is 28.2 Å². The van der Waals surface area contributed by atoms with Gasteiger partial charge >= 0.3 is 0 Å². The average molecular weight is 120 g/mol. The van der Waals surface area contributed by atoms with Crippen molar-refractivity contribution in [3.63, 3.8) is 0 Å². The number of rotatable bonds is 3. The lowest BCUT2D eigenvalue weighted by Gasteiger charge is -2.15. The molecule has 0 saturated heterocycles. The molecule has 50 valence electrons. The van der Waals surface area contributed by atoms with Gasteiger partial charge in [-0.15, -0.1) is 0 Å². The second-order valence-electron chi connectivity index (χ2n) is 1.62. The molecule has 0 rings (SSSR count). The van der Waals surface area contributed by atoms with E-state index in [0.29, 0.717) is 6.42 Å². The maximum Gasteiger partial charge on any atom is 0.0743 e. The molecule has 0 aliphatic carbocycles. The van der Waals surface area contributed by atoms with E-state index >= 15 is 0 Å². The maximum atomic E-state index is 8.32. The molecule has 1 unspecified atom stereocenters. The summed E-state index contributed by atoms with van der Waals surface area (Å²) in [7, 11) is 0. The highest BCUT2D eigenvalue weighted by Crippen LogP contribution is 1.93. The van der Waals surface area contributed by atoms with Crippen molar-refractivity contribution >= 4 is 0 Å². The van der Waals surface area contributed by atoms with E-state index in [4.69, 9.17) is 16.1 Å². The number of hydroxylamine groups is 2. The largest absolute Gasteiger partial charge is 0.329 e. The normalized spacial score (nSPS) is 14.6. The summed E-state index contributed by atoms with van der Waals surface area (Å²) in [4.78, 5) is 0. The van der Waals surface area contributed by atoms with Crippen molar-refractivity contribution in [3.05, 3.63) is 0 Å². The fourth-order valence-electron chi connectivity index (χ4n) is 0.424. The highest BCUT2D eigenvalue weighted by Gasteiger charge is 2.07. The van der Waals surface area contributed by atoms with Crippen LogP contribution in [0.5, 0.6) is 0 Å². The van der Waals surface area contributed by atoms with Crippen LogP contribution in [0.15, 0.2) is 0 Å². The topological polar surface area (TPSA) is 69.7 Å². The van der Waals surface area contributed by atoms with Gasteiger partial charge in [-0.2, -0.15) is 0 Å². The predicted octanol–water partition coefficient (Wildman–Crippen LogP) is -0.196. The van der Waals surface area contributed by atoms with Crippen LogP contribution in [0.25, 0.3) is 0 Å². The molecule has 0 bridgehead atoms. The molecular weight excluding hydrogens is 108 g/mol. The highest BCUT2D eigenvalue weighted by atomic mass is 16.8. The van der Waals surface area contributed by atoms with E-state index in [-0.39, 0.29) is 17.8 Å². The summed E-state index contributed by atoms with van der Waals surface area (Å²) >= 11 is 0. The van der Waals surface area contributed by atoms with Gasteiger partial charge in [0.15, 0.2) is 0 Å². The third kappa shape index (κ3) is 2.23. The summed E-state index contributed by atoms with van der Waals surface area (Å²) in [6.45, 7) is 2.10. The molecule has 0 aromatic rings. The van der Waals surface area contributed by atoms with Gasteiger partial charge in [0.1, 0.15) is 0 Å². The van der Waals surface area contributed by atoms with E-state index in [9.17, 15) is 0 Å². The van der Waals surface area contributed by atoms with E-state index in [1.165, 1.54) is 0 Å². The van der Waals surface area contributed by atoms with Gasteiger partial charge in [-0.1, -0.05) is 12.2 Å². The summed E-state index contributed by atoms with van der Waals surface area (Å²) in [5.74, 6) is 0. The van der Waals surface area contributed by atoms with E-state index in [1.807, 2.05) is 6.92 Å². The van der Waals surface area contributed by atoms with Gasteiger partial charge in [-0.3, -0.25) is 10.4 Å². The smallest absolute Gasteiger partial charge is 0.0743 e. The molecule has 0 spiro atoms. The molecule has 4 N–H and O–H groups in total. The Morgan fingerprint density at radius 1 is 1.62 bits per heavy atom. The molecular formula is C4H12N2O2. The fourth-order valence-corrected chi connectivity index (χ4v) is 0.424. The van der Waals surface area contributed by atoms with Gasteiger partial charge in [0.2, 0.25) is 0 Å². The number of nitrogens with zero attached hydrogens (tertiary/aromatic N) is 1. The Morgan fingerprint density at radius 2 is 2.12 bits per heavy atom. The van der Waals surface area contributed by atoms with Crippen LogP contribution in [0, 0.1) is 0 Å². The number of hydrogen-bond donors (Lipinski definition) is 3. The Labute approximate surface area is 48.4 Å². The maximum absolute atomic E-state index is 8.32. The Morgan fingerprint density at radius 3 is 2.12 bits per heavy atom. The van der Waals surface area contributed by atoms with Crippen LogP contribution >= 0.6 is 0 Å². The summed E-state index contributed by atoms with van der Waals surface area (Å²) in [6.07, 6.45) is 0.642. The Hall–Kier alpha value is -0.160. The van der Waals surface area contributed by atoms with E-state index < -0.39 is 0 Å². The Balaban J connectivity index is 3.35. The van der Waals surface area contributed by atoms with Crippen LogP contribution in [0.4, 0.5) is 0 Å². The average Bonchev–Trinajstić information content (AvgIpc) is 1.69. The minimum Gasteiger partial charge on any atom is -0.329 e. The third-order valence-corrected chi connectivity index (χ3v) is 1.07. The minimum atomic E-state index is -0.324. The molecule has 0 radical (unpaired) electrons. The molecule has 0 fully saturated rings. The molecule has 0 aromatic heterocycles. The summed E-state index contributed by atoms with van der Waals surface area (Å²) in [6, 6.07) is -0.324. The first kappa shape index (κ1) is 7.84. The molecule has 0 amide bonds. The zero-order valence-corrected chi connectivity index (χ0v) is 4.91. The van der Waals surface area contributed by atoms with Crippen molar-refractivity contribution in [1.82, 2.24) is 5.23 Å². The van der Waals surface area contributed by atoms with Gasteiger partial charge in [0.25, 0.3) is 0 Å². The lowest BCUT2D eigenvalue weighted by atomic mass is 10.2. The summed E-state index contributed by atoms with van der Waals surface area (Å²) < 4.78 is 0. The lowest BCUT2D eigenvalue weighted by molar-refractivity contribution is -0.330. The molecule has 0 heterocycles. The van der Waals surface area contributed by atoms with Gasteiger partial charge in [0.05, 0.1) is 6.04 Å². The first-order valence-electron chi connectivity index (χ1n) is 2.59. The first-order chi connectivity index (χ1) is 3.72. The molecule has 0 aromatic carbocycles. The fraction of sp³-hybridized carbons (Fsp3) is 1.00. The monoisotopic (exact) mass is 120 g/mol. The second kappa shape index (κ2) is 3.80. The molecule has 1 atom stereocenters. The van der Waals surface area contributed by atoms with Crippen LogP contribution in [0.2, 0.25) is 0 Å². The van der Waals surface area contributed by atoms with Crippen molar-refractivity contribution < 1.29 is 10.4 Å². The van der Waals surface area contributed by atoms with Crippen molar-refractivity contribution in [2.75, 3.05) is 6.54 Å². The van der Waals surface area contributed by atoms with Crippen molar-refractivity contribution in [2.45, 2.75) is 19.4 Å². The standard InChI is InChI=1S/C4H12N2O2/c1-2-4(3-5)6(7)8/h4,7-8H,2-3,5H2,1H3. The lowest BCUT2D eigenvalue weighted by Crippen LogP contribution is -2.35. The van der Waals surface area contributed by atoms with Crippen molar-refractivity contribution in [2.24, 2.45) is 5.73 Å². The van der Waals surface area contributed by atoms with Gasteiger partial charge in [0, 0.05) is 6.54 Å². The Kier molecular flexibility index (Phi) is 3.72. The van der Waals surface area contributed by atoms with E-state index in [0.717, 1.165) is 0 Å². The summed E-state index contributed by atoms with van der Waals surface area (Å²) in [5.41, 5.74) is 5.12. The molecule has 4 heteroatoms. The predicted molar refractivity (Wildman–Crippen MR) is 28.5 cm³/mol. The molecule has 8 heavy (non-hydrogen) atoms. The minimum absolute atomic E-state index is 0.153. The van der Waals surface area contributed by atoms with E-state index in [2.05, 4.69) is 0 Å². The number of hydrogen-bond acceptors (Lipinski definition) is 4. The van der Waals surface area contributed by atoms with Crippen LogP contribution in [0.1, 0.15) is 13.3 Å². The van der Waals surface area contributed by atoms with Gasteiger partial charge in [-0.05, 0) is 6.42 Å². The Bertz CT molecular complexity index is 54.0. The van der Waals surface area contributed by atoms with Crippen molar-refractivity contribution in [1.29, 1.82) is 0 Å². The quantitative estimate of drug-likeness (QED) is 0.451. The molecule has 0 aliphatic rings. The highest BCUT2D eigenvalue weighted by molar-refractivity contribution is 4.56.